The lowest BCUT2D eigenvalue weighted by Crippen LogP contribution is -2.09. The van der Waals surface area contributed by atoms with Gasteiger partial charge in [0.05, 0.1) is 0 Å². The molecule has 20 heavy (non-hydrogen) atoms. The van der Waals surface area contributed by atoms with Gasteiger partial charge in [-0.1, -0.05) is 56.4 Å². The van der Waals surface area contributed by atoms with Gasteiger partial charge in [0.2, 0.25) is 0 Å². The molecule has 0 aromatic heterocycles. The molecular formula is C18H20O2. The van der Waals surface area contributed by atoms with Crippen molar-refractivity contribution in [2.45, 2.75) is 38.5 Å². The van der Waals surface area contributed by atoms with Crippen LogP contribution in [0.25, 0.3) is 10.8 Å². The lowest BCUT2D eigenvalue weighted by Gasteiger charge is -2.21. The largest absolute Gasteiger partial charge is 0.507 e. The summed E-state index contributed by atoms with van der Waals surface area (Å²) < 4.78 is 0. The fraction of sp³-hybridized carbons (Fsp3) is 0.389. The van der Waals surface area contributed by atoms with E-state index in [0.717, 1.165) is 22.8 Å². The molecule has 1 N–H and O–H groups in total. The van der Waals surface area contributed by atoms with E-state index >= 15 is 0 Å². The van der Waals surface area contributed by atoms with Crippen molar-refractivity contribution in [2.75, 3.05) is 0 Å². The first-order chi connectivity index (χ1) is 9.74. The molecule has 2 nitrogen and oxygen atoms in total. The van der Waals surface area contributed by atoms with E-state index in [1.54, 1.807) is 12.1 Å². The Balaban J connectivity index is 2.06. The zero-order chi connectivity index (χ0) is 13.9. The fourth-order valence-electron chi connectivity index (χ4n) is 3.30. The smallest absolute Gasteiger partial charge is 0.179 e. The Kier molecular flexibility index (Phi) is 3.72. The monoisotopic (exact) mass is 268 g/mol. The molecule has 2 heteroatoms. The topological polar surface area (TPSA) is 37.3 Å². The van der Waals surface area contributed by atoms with Crippen LogP contribution in [-0.4, -0.2) is 5.11 Å². The van der Waals surface area contributed by atoms with Crippen LogP contribution in [0.1, 0.15) is 37.7 Å². The zero-order valence-electron chi connectivity index (χ0n) is 11.6. The molecule has 1 saturated carbocycles. The molecule has 2 aromatic rings. The van der Waals surface area contributed by atoms with E-state index in [4.69, 9.17) is 0 Å². The van der Waals surface area contributed by atoms with Crippen molar-refractivity contribution in [3.05, 3.63) is 52.2 Å². The number of rotatable bonds is 2. The molecule has 1 aliphatic rings. The van der Waals surface area contributed by atoms with Crippen LogP contribution in [0.3, 0.4) is 0 Å². The molecule has 104 valence electrons. The molecule has 0 spiro atoms. The van der Waals surface area contributed by atoms with E-state index < -0.39 is 0 Å². The summed E-state index contributed by atoms with van der Waals surface area (Å²) in [6, 6.07) is 10.8. The molecule has 3 rings (SSSR count). The fourth-order valence-corrected chi connectivity index (χ4v) is 3.30. The van der Waals surface area contributed by atoms with Gasteiger partial charge in [0.25, 0.3) is 0 Å². The van der Waals surface area contributed by atoms with E-state index in [-0.39, 0.29) is 11.2 Å². The second-order valence-corrected chi connectivity index (χ2v) is 5.86. The molecule has 0 aliphatic heterocycles. The number of benzene rings is 1. The van der Waals surface area contributed by atoms with Crippen molar-refractivity contribution in [2.24, 2.45) is 5.92 Å². The predicted octanol–water partition coefficient (Wildman–Crippen LogP) is 4.03. The van der Waals surface area contributed by atoms with Gasteiger partial charge in [0.15, 0.2) is 5.43 Å². The van der Waals surface area contributed by atoms with Gasteiger partial charge < -0.3 is 5.11 Å². The summed E-state index contributed by atoms with van der Waals surface area (Å²) in [5, 5.41) is 12.1. The molecule has 0 heterocycles. The molecule has 1 fully saturated rings. The SMILES string of the molecule is O=c1cc(CC2CCCCC2)c(O)c2ccccc2c1. The van der Waals surface area contributed by atoms with Crippen LogP contribution in [0, 0.1) is 5.92 Å². The first kappa shape index (κ1) is 13.2. The molecule has 0 radical (unpaired) electrons. The lowest BCUT2D eigenvalue weighted by atomic mass is 9.85. The van der Waals surface area contributed by atoms with E-state index in [1.165, 1.54) is 32.1 Å². The summed E-state index contributed by atoms with van der Waals surface area (Å²) >= 11 is 0. The maximum Gasteiger partial charge on any atom is 0.179 e. The van der Waals surface area contributed by atoms with E-state index in [1.807, 2.05) is 24.3 Å². The van der Waals surface area contributed by atoms with Gasteiger partial charge in [-0.25, -0.2) is 0 Å². The second-order valence-electron chi connectivity index (χ2n) is 5.86. The van der Waals surface area contributed by atoms with Crippen LogP contribution >= 0.6 is 0 Å². The maximum absolute atomic E-state index is 12.0. The number of hydrogen-bond acceptors (Lipinski definition) is 2. The Morgan fingerprint density at radius 3 is 2.60 bits per heavy atom. The van der Waals surface area contributed by atoms with Crippen molar-refractivity contribution in [1.29, 1.82) is 0 Å². The molecule has 0 atom stereocenters. The highest BCUT2D eigenvalue weighted by atomic mass is 16.3. The van der Waals surface area contributed by atoms with Crippen molar-refractivity contribution >= 4 is 10.8 Å². The quantitative estimate of drug-likeness (QED) is 0.893. The van der Waals surface area contributed by atoms with Gasteiger partial charge in [-0.05, 0) is 35.4 Å². The number of fused-ring (bicyclic) bond motifs is 1. The Hall–Kier alpha value is -1.83. The Bertz CT molecular complexity index is 670. The molecule has 2 aromatic carbocycles. The Labute approximate surface area is 119 Å². The minimum absolute atomic E-state index is 0.0210. The number of hydrogen-bond donors (Lipinski definition) is 1. The van der Waals surface area contributed by atoms with Crippen LogP contribution in [0.4, 0.5) is 0 Å². The average molecular weight is 268 g/mol. The van der Waals surface area contributed by atoms with Crippen LogP contribution in [0.15, 0.2) is 41.2 Å². The van der Waals surface area contributed by atoms with Crippen molar-refractivity contribution in [1.82, 2.24) is 0 Å². The highest BCUT2D eigenvalue weighted by Gasteiger charge is 2.16. The lowest BCUT2D eigenvalue weighted by molar-refractivity contribution is 0.352. The van der Waals surface area contributed by atoms with Crippen LogP contribution in [0.2, 0.25) is 0 Å². The summed E-state index contributed by atoms with van der Waals surface area (Å²) in [6.07, 6.45) is 7.11. The summed E-state index contributed by atoms with van der Waals surface area (Å²) in [6.45, 7) is 0. The summed E-state index contributed by atoms with van der Waals surface area (Å²) in [7, 11) is 0. The van der Waals surface area contributed by atoms with E-state index in [9.17, 15) is 9.90 Å². The number of aromatic hydroxyl groups is 1. The third kappa shape index (κ3) is 2.69. The normalized spacial score (nSPS) is 16.4. The van der Waals surface area contributed by atoms with Crippen molar-refractivity contribution < 1.29 is 5.11 Å². The Morgan fingerprint density at radius 2 is 1.80 bits per heavy atom. The first-order valence-corrected chi connectivity index (χ1v) is 7.49. The minimum atomic E-state index is -0.0210. The highest BCUT2D eigenvalue weighted by Crippen LogP contribution is 2.32. The predicted molar refractivity (Wildman–Crippen MR) is 82.2 cm³/mol. The van der Waals surface area contributed by atoms with E-state index in [2.05, 4.69) is 0 Å². The average Bonchev–Trinajstić information content (AvgIpc) is 2.58. The van der Waals surface area contributed by atoms with Gasteiger partial charge in [-0.15, -0.1) is 0 Å². The highest BCUT2D eigenvalue weighted by molar-refractivity contribution is 5.88. The summed E-state index contributed by atoms with van der Waals surface area (Å²) in [5.41, 5.74) is 0.787. The van der Waals surface area contributed by atoms with Gasteiger partial charge in [0, 0.05) is 5.39 Å². The van der Waals surface area contributed by atoms with Crippen LogP contribution in [0.5, 0.6) is 5.75 Å². The standard InChI is InChI=1S/C18H20O2/c19-16-11-14-8-4-5-9-17(14)18(20)15(12-16)10-13-6-2-1-3-7-13/h4-5,8-9,11-13,20H,1-3,6-7,10H2. The third-order valence-electron chi connectivity index (χ3n) is 4.37. The molecule has 1 aliphatic carbocycles. The van der Waals surface area contributed by atoms with Crippen molar-refractivity contribution in [3.63, 3.8) is 0 Å². The molecule has 0 amide bonds. The zero-order valence-corrected chi connectivity index (χ0v) is 11.6. The first-order valence-electron chi connectivity index (χ1n) is 7.49. The molecule has 0 bridgehead atoms. The molecule has 0 saturated heterocycles. The van der Waals surface area contributed by atoms with E-state index in [0.29, 0.717) is 5.92 Å². The van der Waals surface area contributed by atoms with Gasteiger partial charge in [-0.3, -0.25) is 4.79 Å². The van der Waals surface area contributed by atoms with Gasteiger partial charge >= 0.3 is 0 Å². The van der Waals surface area contributed by atoms with Crippen LogP contribution in [-0.2, 0) is 6.42 Å². The van der Waals surface area contributed by atoms with Crippen molar-refractivity contribution in [3.8, 4) is 5.75 Å². The Morgan fingerprint density at radius 1 is 1.05 bits per heavy atom. The third-order valence-corrected chi connectivity index (χ3v) is 4.37. The summed E-state index contributed by atoms with van der Waals surface area (Å²) in [4.78, 5) is 12.0. The van der Waals surface area contributed by atoms with Gasteiger partial charge in [-0.2, -0.15) is 0 Å². The molecular weight excluding hydrogens is 248 g/mol. The van der Waals surface area contributed by atoms with Gasteiger partial charge in [0.1, 0.15) is 5.75 Å². The second kappa shape index (κ2) is 5.66. The maximum atomic E-state index is 12.0. The van der Waals surface area contributed by atoms with Crippen LogP contribution < -0.4 is 5.43 Å². The minimum Gasteiger partial charge on any atom is -0.507 e. The molecule has 0 unspecified atom stereocenters. The summed E-state index contributed by atoms with van der Waals surface area (Å²) in [5.74, 6) is 0.892.